The van der Waals surface area contributed by atoms with Crippen LogP contribution >= 0.6 is 0 Å². The van der Waals surface area contributed by atoms with Crippen LogP contribution in [-0.4, -0.2) is 43.0 Å². The fraction of sp³-hybridized carbons (Fsp3) is 0.300. The number of carbonyl (C=O) groups excluding carboxylic acids is 2. The minimum Gasteiger partial charge on any atom is -0.465 e. The minimum atomic E-state index is -0.366. The molecule has 1 saturated heterocycles. The van der Waals surface area contributed by atoms with Gasteiger partial charge in [0.25, 0.3) is 0 Å². The Hall–Kier alpha value is -2.66. The molecule has 3 rings (SSSR count). The third kappa shape index (κ3) is 4.25. The maximum atomic E-state index is 12.4. The van der Waals surface area contributed by atoms with Crippen molar-refractivity contribution in [3.8, 4) is 0 Å². The van der Waals surface area contributed by atoms with Crippen molar-refractivity contribution < 1.29 is 14.3 Å². The first-order valence-electron chi connectivity index (χ1n) is 8.38. The predicted molar refractivity (Wildman–Crippen MR) is 95.1 cm³/mol. The summed E-state index contributed by atoms with van der Waals surface area (Å²) in [5, 5.41) is 3.19. The summed E-state index contributed by atoms with van der Waals surface area (Å²) >= 11 is 0. The molecule has 1 N–H and O–H groups in total. The molecule has 25 heavy (non-hydrogen) atoms. The monoisotopic (exact) mass is 338 g/mol. The highest BCUT2D eigenvalue weighted by Gasteiger charge is 2.28. The van der Waals surface area contributed by atoms with E-state index in [-0.39, 0.29) is 17.9 Å². The summed E-state index contributed by atoms with van der Waals surface area (Å²) in [7, 11) is 1.37. The van der Waals surface area contributed by atoms with E-state index in [1.807, 2.05) is 35.2 Å². The van der Waals surface area contributed by atoms with Crippen LogP contribution in [0.25, 0.3) is 0 Å². The van der Waals surface area contributed by atoms with Crippen molar-refractivity contribution in [3.63, 3.8) is 0 Å². The summed E-state index contributed by atoms with van der Waals surface area (Å²) in [6.07, 6.45) is 0.802. The lowest BCUT2D eigenvalue weighted by Crippen LogP contribution is -2.55. The van der Waals surface area contributed by atoms with Crippen molar-refractivity contribution in [3.05, 3.63) is 71.3 Å². The summed E-state index contributed by atoms with van der Waals surface area (Å²) in [6, 6.07) is 17.5. The molecule has 2 aromatic carbocycles. The molecule has 2 aromatic rings. The van der Waals surface area contributed by atoms with Crippen LogP contribution in [0, 0.1) is 0 Å². The van der Waals surface area contributed by atoms with Gasteiger partial charge in [0.15, 0.2) is 0 Å². The van der Waals surface area contributed by atoms with Crippen LogP contribution in [0.3, 0.4) is 0 Å². The molecule has 0 aromatic heterocycles. The number of ether oxygens (including phenoxy) is 1. The molecule has 0 saturated carbocycles. The molecule has 1 fully saturated rings. The van der Waals surface area contributed by atoms with Crippen LogP contribution in [0.5, 0.6) is 0 Å². The molecule has 1 heterocycles. The maximum absolute atomic E-state index is 12.4. The lowest BCUT2D eigenvalue weighted by atomic mass is 10.0. The zero-order valence-corrected chi connectivity index (χ0v) is 14.3. The van der Waals surface area contributed by atoms with Crippen LogP contribution in [0.15, 0.2) is 54.6 Å². The Bertz CT molecular complexity index is 746. The number of amides is 1. The Morgan fingerprint density at radius 2 is 1.92 bits per heavy atom. The molecule has 1 amide bonds. The molecular weight excluding hydrogens is 316 g/mol. The average molecular weight is 338 g/mol. The Morgan fingerprint density at radius 3 is 2.68 bits per heavy atom. The summed E-state index contributed by atoms with van der Waals surface area (Å²) in [5.74, 6) is -0.287. The first-order chi connectivity index (χ1) is 12.2. The number of piperazine rings is 1. The van der Waals surface area contributed by atoms with Gasteiger partial charge in [-0.3, -0.25) is 4.79 Å². The van der Waals surface area contributed by atoms with E-state index >= 15 is 0 Å². The number of hydrogen-bond donors (Lipinski definition) is 1. The first kappa shape index (κ1) is 17.2. The molecule has 0 aliphatic carbocycles. The van der Waals surface area contributed by atoms with E-state index < -0.39 is 0 Å². The van der Waals surface area contributed by atoms with Gasteiger partial charge in [-0.2, -0.15) is 0 Å². The smallest absolute Gasteiger partial charge is 0.337 e. The number of carbonyl (C=O) groups is 2. The van der Waals surface area contributed by atoms with Crippen molar-refractivity contribution in [2.45, 2.75) is 19.0 Å². The van der Waals surface area contributed by atoms with Crippen LogP contribution in [0.1, 0.15) is 21.5 Å². The van der Waals surface area contributed by atoms with E-state index in [4.69, 9.17) is 4.74 Å². The largest absolute Gasteiger partial charge is 0.465 e. The number of hydrogen-bond acceptors (Lipinski definition) is 4. The molecule has 5 nitrogen and oxygen atoms in total. The van der Waals surface area contributed by atoms with Gasteiger partial charge >= 0.3 is 5.97 Å². The highest BCUT2D eigenvalue weighted by atomic mass is 16.5. The van der Waals surface area contributed by atoms with E-state index in [1.54, 1.807) is 12.1 Å². The van der Waals surface area contributed by atoms with Gasteiger partial charge in [-0.15, -0.1) is 0 Å². The maximum Gasteiger partial charge on any atom is 0.337 e. The number of nitrogens with one attached hydrogen (secondary N) is 1. The van der Waals surface area contributed by atoms with E-state index in [9.17, 15) is 9.59 Å². The molecule has 130 valence electrons. The molecule has 1 aliphatic rings. The number of esters is 1. The van der Waals surface area contributed by atoms with Gasteiger partial charge in [0.1, 0.15) is 0 Å². The second-order valence-corrected chi connectivity index (χ2v) is 6.19. The van der Waals surface area contributed by atoms with Crippen molar-refractivity contribution >= 4 is 11.9 Å². The molecule has 1 atom stereocenters. The fourth-order valence-electron chi connectivity index (χ4n) is 3.16. The highest BCUT2D eigenvalue weighted by molar-refractivity contribution is 5.89. The Kier molecular flexibility index (Phi) is 5.46. The van der Waals surface area contributed by atoms with Crippen LogP contribution in [-0.2, 0) is 22.5 Å². The second-order valence-electron chi connectivity index (χ2n) is 6.19. The molecule has 0 spiro atoms. The fourth-order valence-corrected chi connectivity index (χ4v) is 3.16. The van der Waals surface area contributed by atoms with Crippen molar-refractivity contribution in [2.75, 3.05) is 20.2 Å². The summed E-state index contributed by atoms with van der Waals surface area (Å²) in [4.78, 5) is 26.1. The third-order valence-electron chi connectivity index (χ3n) is 4.43. The van der Waals surface area contributed by atoms with E-state index in [2.05, 4.69) is 17.4 Å². The van der Waals surface area contributed by atoms with Crippen LogP contribution in [0.4, 0.5) is 0 Å². The Balaban J connectivity index is 1.77. The van der Waals surface area contributed by atoms with Crippen molar-refractivity contribution in [1.29, 1.82) is 0 Å². The molecule has 1 aliphatic heterocycles. The topological polar surface area (TPSA) is 58.6 Å². The van der Waals surface area contributed by atoms with Gasteiger partial charge in [0, 0.05) is 19.1 Å². The highest BCUT2D eigenvalue weighted by Crippen LogP contribution is 2.17. The normalized spacial score (nSPS) is 17.4. The molecule has 0 bridgehead atoms. The number of methoxy groups -OCH3 is 1. The summed E-state index contributed by atoms with van der Waals surface area (Å²) in [6.45, 7) is 1.60. The molecule has 0 unspecified atom stereocenters. The Labute approximate surface area is 147 Å². The standard InChI is InChI=1S/C20H22N2O3/c1-25-20(24)17-9-5-8-16(10-17)14-22-18(12-21-13-19(22)23)11-15-6-3-2-4-7-15/h2-10,18,21H,11-14H2,1H3/t18-/m0/s1. The Morgan fingerprint density at radius 1 is 1.16 bits per heavy atom. The van der Waals surface area contributed by atoms with E-state index in [0.717, 1.165) is 18.5 Å². The molecular formula is C20H22N2O3. The second kappa shape index (κ2) is 7.94. The van der Waals surface area contributed by atoms with Gasteiger partial charge < -0.3 is 15.0 Å². The average Bonchev–Trinajstić information content (AvgIpc) is 2.65. The number of nitrogens with zero attached hydrogens (tertiary/aromatic N) is 1. The summed E-state index contributed by atoms with van der Waals surface area (Å²) in [5.41, 5.74) is 2.63. The minimum absolute atomic E-state index is 0.0793. The first-order valence-corrected chi connectivity index (χ1v) is 8.38. The quantitative estimate of drug-likeness (QED) is 0.848. The number of rotatable bonds is 5. The van der Waals surface area contributed by atoms with Crippen LogP contribution < -0.4 is 5.32 Å². The summed E-state index contributed by atoms with van der Waals surface area (Å²) < 4.78 is 4.77. The van der Waals surface area contributed by atoms with Gasteiger partial charge in [0.2, 0.25) is 5.91 Å². The van der Waals surface area contributed by atoms with Crippen LogP contribution in [0.2, 0.25) is 0 Å². The molecule has 5 heteroatoms. The van der Waals surface area contributed by atoms with Gasteiger partial charge in [0.05, 0.1) is 19.2 Å². The zero-order chi connectivity index (χ0) is 17.6. The SMILES string of the molecule is COC(=O)c1cccc(CN2C(=O)CNC[C@@H]2Cc2ccccc2)c1. The third-order valence-corrected chi connectivity index (χ3v) is 4.43. The molecule has 0 radical (unpaired) electrons. The van der Waals surface area contributed by atoms with E-state index in [0.29, 0.717) is 18.7 Å². The van der Waals surface area contributed by atoms with Gasteiger partial charge in [-0.05, 0) is 29.7 Å². The number of benzene rings is 2. The lowest BCUT2D eigenvalue weighted by molar-refractivity contribution is -0.135. The van der Waals surface area contributed by atoms with E-state index in [1.165, 1.54) is 12.7 Å². The van der Waals surface area contributed by atoms with Crippen molar-refractivity contribution in [2.24, 2.45) is 0 Å². The lowest BCUT2D eigenvalue weighted by Gasteiger charge is -2.36. The zero-order valence-electron chi connectivity index (χ0n) is 14.3. The predicted octanol–water partition coefficient (Wildman–Crippen LogP) is 2.02. The van der Waals surface area contributed by atoms with Gasteiger partial charge in [-0.1, -0.05) is 42.5 Å². The van der Waals surface area contributed by atoms with Gasteiger partial charge in [-0.25, -0.2) is 4.79 Å². The van der Waals surface area contributed by atoms with Crippen molar-refractivity contribution in [1.82, 2.24) is 10.2 Å².